The zero-order valence-corrected chi connectivity index (χ0v) is 9.35. The lowest BCUT2D eigenvalue weighted by Crippen LogP contribution is -2.40. The number of carbonyl (C=O) groups excluding carboxylic acids is 1. The van der Waals surface area contributed by atoms with E-state index < -0.39 is 0 Å². The van der Waals surface area contributed by atoms with Crippen LogP contribution >= 0.6 is 0 Å². The van der Waals surface area contributed by atoms with Crippen LogP contribution in [-0.4, -0.2) is 42.1 Å². The van der Waals surface area contributed by atoms with Gasteiger partial charge in [0.2, 0.25) is 0 Å². The van der Waals surface area contributed by atoms with Gasteiger partial charge in [-0.25, -0.2) is 0 Å². The van der Waals surface area contributed by atoms with Crippen LogP contribution in [0.15, 0.2) is 18.3 Å². The van der Waals surface area contributed by atoms with E-state index in [1.165, 1.54) is 0 Å². The molecule has 2 rings (SSSR count). The Hall–Kier alpha value is -1.42. The highest BCUT2D eigenvalue weighted by molar-refractivity contribution is 5.93. The molecule has 1 aliphatic heterocycles. The van der Waals surface area contributed by atoms with Gasteiger partial charge in [0, 0.05) is 26.4 Å². The standard InChI is InChI=1S/C12H15N2O2/c1-16-11-4-7-14(8-5-11)12(15)10-3-2-6-13-9-10/h2-3,9,11H,4-5,7-8H2,1H3. The second-order valence-electron chi connectivity index (χ2n) is 3.90. The third-order valence-electron chi connectivity index (χ3n) is 2.93. The van der Waals surface area contributed by atoms with E-state index >= 15 is 0 Å². The number of methoxy groups -OCH3 is 1. The van der Waals surface area contributed by atoms with Gasteiger partial charge in [0.1, 0.15) is 0 Å². The fraction of sp³-hybridized carbons (Fsp3) is 0.500. The summed E-state index contributed by atoms with van der Waals surface area (Å²) >= 11 is 0. The third kappa shape index (κ3) is 2.39. The van der Waals surface area contributed by atoms with Crippen molar-refractivity contribution in [2.24, 2.45) is 0 Å². The van der Waals surface area contributed by atoms with Gasteiger partial charge in [-0.3, -0.25) is 9.78 Å². The first kappa shape index (κ1) is 11.1. The number of hydrogen-bond acceptors (Lipinski definition) is 3. The molecule has 4 heteroatoms. The van der Waals surface area contributed by atoms with E-state index in [2.05, 4.69) is 11.2 Å². The van der Waals surface area contributed by atoms with Crippen molar-refractivity contribution in [3.8, 4) is 0 Å². The second kappa shape index (κ2) is 5.07. The molecule has 1 aliphatic rings. The summed E-state index contributed by atoms with van der Waals surface area (Å²) < 4.78 is 5.27. The van der Waals surface area contributed by atoms with Gasteiger partial charge in [-0.1, -0.05) is 0 Å². The Labute approximate surface area is 95.2 Å². The highest BCUT2D eigenvalue weighted by atomic mass is 16.5. The van der Waals surface area contributed by atoms with Gasteiger partial charge in [-0.2, -0.15) is 0 Å². The highest BCUT2D eigenvalue weighted by Crippen LogP contribution is 2.15. The molecular formula is C12H15N2O2. The largest absolute Gasteiger partial charge is 0.381 e. The zero-order chi connectivity index (χ0) is 11.4. The van der Waals surface area contributed by atoms with E-state index in [1.807, 2.05) is 4.90 Å². The van der Waals surface area contributed by atoms with Crippen molar-refractivity contribution in [1.29, 1.82) is 0 Å². The first-order valence-electron chi connectivity index (χ1n) is 5.45. The van der Waals surface area contributed by atoms with E-state index in [0.717, 1.165) is 25.9 Å². The highest BCUT2D eigenvalue weighted by Gasteiger charge is 2.23. The molecule has 1 aromatic heterocycles. The molecule has 4 nitrogen and oxygen atoms in total. The van der Waals surface area contributed by atoms with Gasteiger partial charge in [-0.15, -0.1) is 0 Å². The van der Waals surface area contributed by atoms with Gasteiger partial charge in [0.05, 0.1) is 17.9 Å². The number of aromatic nitrogens is 1. The number of rotatable bonds is 2. The van der Waals surface area contributed by atoms with E-state index in [9.17, 15) is 4.79 Å². The maximum atomic E-state index is 12.0. The first-order chi connectivity index (χ1) is 7.81. The molecule has 0 unspecified atom stereocenters. The molecule has 0 spiro atoms. The van der Waals surface area contributed by atoms with Crippen molar-refractivity contribution in [1.82, 2.24) is 9.88 Å². The Bertz CT molecular complexity index is 345. The number of piperidine rings is 1. The van der Waals surface area contributed by atoms with E-state index in [4.69, 9.17) is 4.74 Å². The quantitative estimate of drug-likeness (QED) is 0.749. The summed E-state index contributed by atoms with van der Waals surface area (Å²) in [5.41, 5.74) is 0.634. The molecule has 1 amide bonds. The minimum atomic E-state index is 0.0519. The van der Waals surface area contributed by atoms with E-state index in [1.54, 1.807) is 25.4 Å². The summed E-state index contributed by atoms with van der Waals surface area (Å²) in [5.74, 6) is 0.0519. The summed E-state index contributed by atoms with van der Waals surface area (Å²) in [6, 6.07) is 3.41. The molecule has 0 N–H and O–H groups in total. The maximum absolute atomic E-state index is 12.0. The fourth-order valence-electron chi connectivity index (χ4n) is 1.92. The monoisotopic (exact) mass is 219 g/mol. The minimum Gasteiger partial charge on any atom is -0.381 e. The molecule has 85 valence electrons. The lowest BCUT2D eigenvalue weighted by molar-refractivity contribution is 0.0350. The Morgan fingerprint density at radius 2 is 2.31 bits per heavy atom. The summed E-state index contributed by atoms with van der Waals surface area (Å²) in [5, 5.41) is 0. The van der Waals surface area contributed by atoms with Gasteiger partial charge >= 0.3 is 0 Å². The summed E-state index contributed by atoms with van der Waals surface area (Å²) in [6.45, 7) is 1.52. The lowest BCUT2D eigenvalue weighted by Gasteiger charge is -2.31. The predicted molar refractivity (Wildman–Crippen MR) is 59.0 cm³/mol. The third-order valence-corrected chi connectivity index (χ3v) is 2.93. The van der Waals surface area contributed by atoms with Gasteiger partial charge in [0.15, 0.2) is 0 Å². The SMILES string of the molecule is COC1CCN(C(=O)c2cc[c]nc2)CC1. The number of carbonyl (C=O) groups is 1. The summed E-state index contributed by atoms with van der Waals surface area (Å²) in [4.78, 5) is 17.7. The molecule has 1 saturated heterocycles. The molecule has 0 aromatic carbocycles. The first-order valence-corrected chi connectivity index (χ1v) is 5.45. The smallest absolute Gasteiger partial charge is 0.255 e. The van der Waals surface area contributed by atoms with Gasteiger partial charge < -0.3 is 9.64 Å². The molecular weight excluding hydrogens is 204 g/mol. The fourth-order valence-corrected chi connectivity index (χ4v) is 1.92. The van der Waals surface area contributed by atoms with Crippen molar-refractivity contribution >= 4 is 5.91 Å². The number of pyridine rings is 1. The molecule has 0 bridgehead atoms. The van der Waals surface area contributed by atoms with Crippen LogP contribution < -0.4 is 0 Å². The molecule has 1 fully saturated rings. The Balaban J connectivity index is 1.97. The summed E-state index contributed by atoms with van der Waals surface area (Å²) in [6.07, 6.45) is 6.35. The Morgan fingerprint density at radius 3 is 2.88 bits per heavy atom. The van der Waals surface area contributed by atoms with Crippen molar-refractivity contribution in [3.05, 3.63) is 30.1 Å². The normalized spacial score (nSPS) is 17.4. The summed E-state index contributed by atoms with van der Waals surface area (Å²) in [7, 11) is 1.72. The average molecular weight is 219 g/mol. The lowest BCUT2D eigenvalue weighted by atomic mass is 10.1. The number of likely N-dealkylation sites (tertiary alicyclic amines) is 1. The molecule has 0 saturated carbocycles. The van der Waals surface area contributed by atoms with Crippen molar-refractivity contribution in [2.75, 3.05) is 20.2 Å². The Morgan fingerprint density at radius 1 is 1.56 bits per heavy atom. The molecule has 2 heterocycles. The molecule has 0 aliphatic carbocycles. The van der Waals surface area contributed by atoms with Crippen LogP contribution in [0.3, 0.4) is 0 Å². The van der Waals surface area contributed by atoms with E-state index in [-0.39, 0.29) is 5.91 Å². The van der Waals surface area contributed by atoms with Gasteiger partial charge in [0.25, 0.3) is 5.91 Å². The minimum absolute atomic E-state index is 0.0519. The number of amides is 1. The van der Waals surface area contributed by atoms with Crippen LogP contribution in [0, 0.1) is 6.20 Å². The second-order valence-corrected chi connectivity index (χ2v) is 3.90. The molecule has 16 heavy (non-hydrogen) atoms. The molecule has 0 atom stereocenters. The maximum Gasteiger partial charge on any atom is 0.255 e. The topological polar surface area (TPSA) is 42.4 Å². The van der Waals surface area contributed by atoms with Crippen molar-refractivity contribution in [3.63, 3.8) is 0 Å². The molecule has 1 aromatic rings. The molecule has 1 radical (unpaired) electrons. The van der Waals surface area contributed by atoms with Crippen molar-refractivity contribution < 1.29 is 9.53 Å². The van der Waals surface area contributed by atoms with Crippen LogP contribution in [0.5, 0.6) is 0 Å². The van der Waals surface area contributed by atoms with Crippen LogP contribution in [0.1, 0.15) is 23.2 Å². The van der Waals surface area contributed by atoms with Crippen molar-refractivity contribution in [2.45, 2.75) is 18.9 Å². The van der Waals surface area contributed by atoms with Crippen LogP contribution in [0.4, 0.5) is 0 Å². The van der Waals surface area contributed by atoms with E-state index in [0.29, 0.717) is 11.7 Å². The zero-order valence-electron chi connectivity index (χ0n) is 9.35. The number of ether oxygens (including phenoxy) is 1. The average Bonchev–Trinajstić information content (AvgIpc) is 2.39. The van der Waals surface area contributed by atoms with Crippen LogP contribution in [-0.2, 0) is 4.74 Å². The van der Waals surface area contributed by atoms with Crippen LogP contribution in [0.25, 0.3) is 0 Å². The van der Waals surface area contributed by atoms with Gasteiger partial charge in [-0.05, 0) is 25.0 Å². The van der Waals surface area contributed by atoms with Crippen LogP contribution in [0.2, 0.25) is 0 Å². The predicted octanol–water partition coefficient (Wildman–Crippen LogP) is 1.13. The number of nitrogens with zero attached hydrogens (tertiary/aromatic N) is 2. The number of hydrogen-bond donors (Lipinski definition) is 0. The Kier molecular flexibility index (Phi) is 3.51.